The molecule has 0 aliphatic carbocycles. The average molecular weight is 518 g/mol. The normalized spacial score (nSPS) is 13.4. The lowest BCUT2D eigenvalue weighted by molar-refractivity contribution is 0.0548. The molecular weight excluding hydrogens is 482 g/mol. The number of amides is 2. The van der Waals surface area contributed by atoms with Gasteiger partial charge in [-0.25, -0.2) is 9.59 Å². The van der Waals surface area contributed by atoms with Gasteiger partial charge in [0.2, 0.25) is 0 Å². The first-order valence-corrected chi connectivity index (χ1v) is 12.8. The summed E-state index contributed by atoms with van der Waals surface area (Å²) in [5.74, 6) is -0.390. The van der Waals surface area contributed by atoms with Crippen LogP contribution in [0.25, 0.3) is 11.1 Å². The minimum atomic E-state index is -0.390. The number of hydrogen-bond donors (Lipinski definition) is 1. The number of carbonyl (C=O) groups excluding carboxylic acids is 2. The number of likely N-dealkylation sites (N-methyl/N-ethyl adjacent to an activating group) is 1. The Balaban J connectivity index is 1.53. The summed E-state index contributed by atoms with van der Waals surface area (Å²) in [5.41, 5.74) is 5.51. The van der Waals surface area contributed by atoms with Crippen molar-refractivity contribution in [3.63, 3.8) is 0 Å². The predicted molar refractivity (Wildman–Crippen MR) is 147 cm³/mol. The van der Waals surface area contributed by atoms with E-state index >= 15 is 0 Å². The van der Waals surface area contributed by atoms with Crippen molar-refractivity contribution in [2.45, 2.75) is 13.1 Å². The molecule has 8 nitrogen and oxygen atoms in total. The zero-order valence-electron chi connectivity index (χ0n) is 22.0. The van der Waals surface area contributed by atoms with Crippen LogP contribution in [-0.4, -0.2) is 80.5 Å². The first-order valence-electron chi connectivity index (χ1n) is 12.8. The van der Waals surface area contributed by atoms with E-state index in [1.807, 2.05) is 48.3 Å². The highest BCUT2D eigenvalue weighted by Crippen LogP contribution is 2.26. The van der Waals surface area contributed by atoms with Crippen molar-refractivity contribution in [3.8, 4) is 11.1 Å². The molecular formula is C30H35N3O5. The molecule has 0 spiro atoms. The number of urea groups is 1. The third kappa shape index (κ3) is 6.98. The molecule has 1 N–H and O–H groups in total. The number of esters is 1. The van der Waals surface area contributed by atoms with Crippen molar-refractivity contribution in [1.82, 2.24) is 9.80 Å². The maximum absolute atomic E-state index is 13.6. The van der Waals surface area contributed by atoms with Gasteiger partial charge >= 0.3 is 12.0 Å². The molecule has 4 rings (SSSR count). The van der Waals surface area contributed by atoms with E-state index in [1.165, 1.54) is 12.7 Å². The lowest BCUT2D eigenvalue weighted by Gasteiger charge is -2.33. The second-order valence-electron chi connectivity index (χ2n) is 9.36. The Labute approximate surface area is 224 Å². The summed E-state index contributed by atoms with van der Waals surface area (Å²) in [6.45, 7) is 4.08. The highest BCUT2D eigenvalue weighted by molar-refractivity contribution is 5.92. The topological polar surface area (TPSA) is 82.5 Å². The highest BCUT2D eigenvalue weighted by atomic mass is 16.5. The van der Waals surface area contributed by atoms with Gasteiger partial charge in [-0.3, -0.25) is 9.80 Å². The van der Waals surface area contributed by atoms with Crippen LogP contribution in [0, 0.1) is 0 Å². The van der Waals surface area contributed by atoms with Crippen molar-refractivity contribution in [2.24, 2.45) is 0 Å². The van der Waals surface area contributed by atoms with E-state index in [1.54, 1.807) is 17.0 Å². The second-order valence-corrected chi connectivity index (χ2v) is 9.36. The third-order valence-corrected chi connectivity index (χ3v) is 6.63. The van der Waals surface area contributed by atoms with Crippen molar-refractivity contribution < 1.29 is 24.2 Å². The average Bonchev–Trinajstić information content (AvgIpc) is 2.96. The molecule has 1 heterocycles. The van der Waals surface area contributed by atoms with Gasteiger partial charge in [0.25, 0.3) is 0 Å². The Hall–Kier alpha value is -3.72. The van der Waals surface area contributed by atoms with Crippen molar-refractivity contribution >= 4 is 17.7 Å². The van der Waals surface area contributed by atoms with Crippen LogP contribution in [0.15, 0.2) is 72.8 Å². The number of aliphatic hydroxyl groups is 1. The molecule has 1 saturated heterocycles. The number of rotatable bonds is 9. The van der Waals surface area contributed by atoms with Gasteiger partial charge in [-0.15, -0.1) is 0 Å². The summed E-state index contributed by atoms with van der Waals surface area (Å²) in [6, 6.07) is 23.4. The van der Waals surface area contributed by atoms with Crippen LogP contribution in [0.1, 0.15) is 21.5 Å². The van der Waals surface area contributed by atoms with Crippen LogP contribution >= 0.6 is 0 Å². The van der Waals surface area contributed by atoms with Gasteiger partial charge in [0.15, 0.2) is 0 Å². The van der Waals surface area contributed by atoms with E-state index in [9.17, 15) is 9.59 Å². The summed E-state index contributed by atoms with van der Waals surface area (Å²) in [5, 5.41) is 9.11. The number of aliphatic hydroxyl groups excluding tert-OH is 1. The minimum absolute atomic E-state index is 0.0746. The lowest BCUT2D eigenvalue weighted by Crippen LogP contribution is -2.48. The Bertz CT molecular complexity index is 1190. The monoisotopic (exact) mass is 517 g/mol. The maximum Gasteiger partial charge on any atom is 0.337 e. The van der Waals surface area contributed by atoms with Gasteiger partial charge in [-0.2, -0.15) is 0 Å². The first kappa shape index (κ1) is 27.3. The number of nitrogens with zero attached hydrogens (tertiary/aromatic N) is 3. The smallest absolute Gasteiger partial charge is 0.337 e. The first-order chi connectivity index (χ1) is 18.5. The zero-order valence-corrected chi connectivity index (χ0v) is 22.0. The third-order valence-electron chi connectivity index (χ3n) is 6.63. The molecule has 1 aliphatic rings. The van der Waals surface area contributed by atoms with Crippen molar-refractivity contribution in [1.29, 1.82) is 0 Å². The van der Waals surface area contributed by atoms with Gasteiger partial charge in [-0.1, -0.05) is 48.5 Å². The van der Waals surface area contributed by atoms with Gasteiger partial charge < -0.3 is 19.5 Å². The number of morpholine rings is 1. The predicted octanol–water partition coefficient (Wildman–Crippen LogP) is 4.02. The molecule has 2 amide bonds. The van der Waals surface area contributed by atoms with E-state index in [-0.39, 0.29) is 12.6 Å². The van der Waals surface area contributed by atoms with Gasteiger partial charge in [0.05, 0.1) is 39.0 Å². The summed E-state index contributed by atoms with van der Waals surface area (Å²) in [7, 11) is 3.34. The highest BCUT2D eigenvalue weighted by Gasteiger charge is 2.24. The van der Waals surface area contributed by atoms with E-state index in [0.717, 1.165) is 28.9 Å². The van der Waals surface area contributed by atoms with Crippen LogP contribution in [0.5, 0.6) is 0 Å². The Kier molecular flexibility index (Phi) is 9.48. The number of benzene rings is 3. The Morgan fingerprint density at radius 1 is 0.868 bits per heavy atom. The molecule has 0 bridgehead atoms. The van der Waals surface area contributed by atoms with E-state index in [0.29, 0.717) is 45.0 Å². The van der Waals surface area contributed by atoms with Crippen LogP contribution in [0.4, 0.5) is 10.5 Å². The maximum atomic E-state index is 13.6. The summed E-state index contributed by atoms with van der Waals surface area (Å²) in [4.78, 5) is 31.0. The molecule has 3 aromatic rings. The SMILES string of the molecule is COC(=O)c1ccc(CN(C(=O)N2CCOCC2)c2ccc(-c3ccc(CN(C)CCO)cc3)cc2)cc1. The molecule has 3 aromatic carbocycles. The van der Waals surface area contributed by atoms with E-state index < -0.39 is 5.97 Å². The lowest BCUT2D eigenvalue weighted by atomic mass is 10.0. The summed E-state index contributed by atoms with van der Waals surface area (Å²) >= 11 is 0. The molecule has 0 atom stereocenters. The van der Waals surface area contributed by atoms with E-state index in [4.69, 9.17) is 14.6 Å². The fraction of sp³-hybridized carbons (Fsp3) is 0.333. The molecule has 1 aliphatic heterocycles. The Morgan fingerprint density at radius 2 is 1.42 bits per heavy atom. The number of carbonyl (C=O) groups is 2. The summed E-state index contributed by atoms with van der Waals surface area (Å²) < 4.78 is 10.2. The largest absolute Gasteiger partial charge is 0.465 e. The quantitative estimate of drug-likeness (QED) is 0.432. The zero-order chi connectivity index (χ0) is 26.9. The second kappa shape index (κ2) is 13.2. The molecule has 0 aromatic heterocycles. The fourth-order valence-corrected chi connectivity index (χ4v) is 4.44. The van der Waals surface area contributed by atoms with Crippen LogP contribution in [-0.2, 0) is 22.6 Å². The van der Waals surface area contributed by atoms with Crippen LogP contribution < -0.4 is 4.90 Å². The van der Waals surface area contributed by atoms with Gasteiger partial charge in [0, 0.05) is 31.9 Å². The molecule has 8 heteroatoms. The van der Waals surface area contributed by atoms with Crippen LogP contribution in [0.3, 0.4) is 0 Å². The van der Waals surface area contributed by atoms with Crippen molar-refractivity contribution in [3.05, 3.63) is 89.5 Å². The molecule has 1 fully saturated rings. The molecule has 0 radical (unpaired) electrons. The molecule has 38 heavy (non-hydrogen) atoms. The number of methoxy groups -OCH3 is 1. The van der Waals surface area contributed by atoms with Crippen LogP contribution in [0.2, 0.25) is 0 Å². The van der Waals surface area contributed by atoms with Crippen molar-refractivity contribution in [2.75, 3.05) is 58.5 Å². The number of hydrogen-bond acceptors (Lipinski definition) is 6. The Morgan fingerprint density at radius 3 is 2.00 bits per heavy atom. The molecule has 0 unspecified atom stereocenters. The minimum Gasteiger partial charge on any atom is -0.465 e. The standard InChI is InChI=1S/C30H35N3O5/c1-31(15-18-34)21-23-3-7-25(8-4-23)26-11-13-28(14-12-26)33(30(36)32-16-19-38-20-17-32)22-24-5-9-27(10-6-24)29(35)37-2/h3-14,34H,15-22H2,1-2H3. The van der Waals surface area contributed by atoms with Gasteiger partial charge in [0.1, 0.15) is 0 Å². The number of ether oxygens (including phenoxy) is 2. The molecule has 0 saturated carbocycles. The fourth-order valence-electron chi connectivity index (χ4n) is 4.44. The van der Waals surface area contributed by atoms with Gasteiger partial charge in [-0.05, 0) is 53.6 Å². The molecule has 200 valence electrons. The summed E-state index contributed by atoms with van der Waals surface area (Å²) in [6.07, 6.45) is 0. The number of anilines is 1. The van der Waals surface area contributed by atoms with E-state index in [2.05, 4.69) is 29.2 Å².